The van der Waals surface area contributed by atoms with Crippen LogP contribution in [0.4, 0.5) is 0 Å². The van der Waals surface area contributed by atoms with E-state index in [0.717, 1.165) is 38.5 Å². The molecule has 3 unspecified atom stereocenters. The Hall–Kier alpha value is -1.95. The molecule has 0 bridgehead atoms. The van der Waals surface area contributed by atoms with Crippen molar-refractivity contribution in [2.75, 3.05) is 6.54 Å². The molecule has 0 radical (unpaired) electrons. The van der Waals surface area contributed by atoms with Crippen LogP contribution in [0.2, 0.25) is 0 Å². The molecular formula is C17H23N3O3. The summed E-state index contributed by atoms with van der Waals surface area (Å²) in [6.45, 7) is 0.713. The molecule has 3 N–H and O–H groups in total. The fourth-order valence-electron chi connectivity index (χ4n) is 3.91. The van der Waals surface area contributed by atoms with Crippen LogP contribution >= 0.6 is 0 Å². The molecule has 3 rings (SSSR count). The largest absolute Gasteiger partial charge is 0.393 e. The van der Waals surface area contributed by atoms with Crippen LogP contribution in [0.15, 0.2) is 18.3 Å². The minimum absolute atomic E-state index is 0.0752. The SMILES string of the molecule is NC(=O)c1ccc(C(=O)N2CCCC2C2CCCCC2O)cn1. The van der Waals surface area contributed by atoms with Gasteiger partial charge in [-0.2, -0.15) is 0 Å². The highest BCUT2D eigenvalue weighted by Crippen LogP contribution is 2.35. The van der Waals surface area contributed by atoms with Crippen molar-refractivity contribution >= 4 is 11.8 Å². The molecule has 2 aliphatic rings. The lowest BCUT2D eigenvalue weighted by molar-refractivity contribution is 0.0211. The predicted octanol–water partition coefficient (Wildman–Crippen LogP) is 1.34. The number of primary amides is 1. The van der Waals surface area contributed by atoms with Crippen molar-refractivity contribution in [3.8, 4) is 0 Å². The minimum Gasteiger partial charge on any atom is -0.393 e. The van der Waals surface area contributed by atoms with Gasteiger partial charge in [-0.3, -0.25) is 14.6 Å². The van der Waals surface area contributed by atoms with E-state index in [9.17, 15) is 14.7 Å². The zero-order chi connectivity index (χ0) is 16.4. The Labute approximate surface area is 135 Å². The molecule has 1 aliphatic carbocycles. The molecule has 6 heteroatoms. The van der Waals surface area contributed by atoms with Crippen LogP contribution in [-0.2, 0) is 0 Å². The first-order valence-corrected chi connectivity index (χ1v) is 8.33. The second-order valence-electron chi connectivity index (χ2n) is 6.52. The van der Waals surface area contributed by atoms with Crippen LogP contribution in [0.3, 0.4) is 0 Å². The average molecular weight is 317 g/mol. The lowest BCUT2D eigenvalue weighted by Crippen LogP contribution is -2.45. The zero-order valence-corrected chi connectivity index (χ0v) is 13.1. The number of aliphatic hydroxyl groups is 1. The number of nitrogens with two attached hydrogens (primary N) is 1. The maximum Gasteiger partial charge on any atom is 0.267 e. The molecule has 2 fully saturated rings. The number of carbonyl (C=O) groups excluding carboxylic acids is 2. The molecule has 0 aromatic carbocycles. The fourth-order valence-corrected chi connectivity index (χ4v) is 3.91. The lowest BCUT2D eigenvalue weighted by Gasteiger charge is -2.37. The number of aromatic nitrogens is 1. The van der Waals surface area contributed by atoms with Gasteiger partial charge in [0.1, 0.15) is 5.69 Å². The van der Waals surface area contributed by atoms with E-state index in [0.29, 0.717) is 12.1 Å². The fraction of sp³-hybridized carbons (Fsp3) is 0.588. The summed E-state index contributed by atoms with van der Waals surface area (Å²) in [4.78, 5) is 29.7. The van der Waals surface area contributed by atoms with Crippen LogP contribution in [0.5, 0.6) is 0 Å². The number of nitrogens with zero attached hydrogens (tertiary/aromatic N) is 2. The van der Waals surface area contributed by atoms with Gasteiger partial charge in [0, 0.05) is 24.7 Å². The van der Waals surface area contributed by atoms with Gasteiger partial charge in [-0.1, -0.05) is 12.8 Å². The highest BCUT2D eigenvalue weighted by atomic mass is 16.3. The van der Waals surface area contributed by atoms with Crippen molar-refractivity contribution in [1.82, 2.24) is 9.88 Å². The second-order valence-corrected chi connectivity index (χ2v) is 6.52. The number of likely N-dealkylation sites (tertiary alicyclic amines) is 1. The van der Waals surface area contributed by atoms with Crippen LogP contribution in [0, 0.1) is 5.92 Å². The molecule has 3 atom stereocenters. The zero-order valence-electron chi connectivity index (χ0n) is 13.1. The topological polar surface area (TPSA) is 96.5 Å². The summed E-state index contributed by atoms with van der Waals surface area (Å²) in [6, 6.07) is 3.19. The molecule has 23 heavy (non-hydrogen) atoms. The summed E-state index contributed by atoms with van der Waals surface area (Å²) in [5.74, 6) is -0.504. The van der Waals surface area contributed by atoms with E-state index in [4.69, 9.17) is 5.73 Å². The third-order valence-corrected chi connectivity index (χ3v) is 5.10. The summed E-state index contributed by atoms with van der Waals surface area (Å²) < 4.78 is 0. The first-order valence-electron chi connectivity index (χ1n) is 8.33. The Morgan fingerprint density at radius 1 is 1.17 bits per heavy atom. The third kappa shape index (κ3) is 3.22. The second kappa shape index (κ2) is 6.66. The number of pyridine rings is 1. The number of aliphatic hydroxyl groups excluding tert-OH is 1. The predicted molar refractivity (Wildman–Crippen MR) is 84.8 cm³/mol. The summed E-state index contributed by atoms with van der Waals surface area (Å²) in [6.07, 6.45) is 7.01. The van der Waals surface area contributed by atoms with Crippen molar-refractivity contribution < 1.29 is 14.7 Å². The molecule has 1 saturated carbocycles. The summed E-state index contributed by atoms with van der Waals surface area (Å²) in [5.41, 5.74) is 5.79. The monoisotopic (exact) mass is 317 g/mol. The molecule has 2 amide bonds. The Morgan fingerprint density at radius 3 is 2.61 bits per heavy atom. The van der Waals surface area contributed by atoms with E-state index in [1.54, 1.807) is 6.07 Å². The molecule has 1 saturated heterocycles. The normalized spacial score (nSPS) is 27.9. The average Bonchev–Trinajstić information content (AvgIpc) is 3.04. The molecule has 0 spiro atoms. The maximum absolute atomic E-state index is 12.8. The van der Waals surface area contributed by atoms with E-state index in [2.05, 4.69) is 4.98 Å². The number of rotatable bonds is 3. The first-order chi connectivity index (χ1) is 11.1. The molecule has 6 nitrogen and oxygen atoms in total. The lowest BCUT2D eigenvalue weighted by atomic mass is 9.80. The van der Waals surface area contributed by atoms with Gasteiger partial charge in [-0.25, -0.2) is 0 Å². The highest BCUT2D eigenvalue weighted by Gasteiger charge is 2.39. The Kier molecular flexibility index (Phi) is 4.61. The van der Waals surface area contributed by atoms with Gasteiger partial charge in [0.15, 0.2) is 0 Å². The summed E-state index contributed by atoms with van der Waals surface area (Å²) >= 11 is 0. The smallest absolute Gasteiger partial charge is 0.267 e. The number of hydrogen-bond donors (Lipinski definition) is 2. The van der Waals surface area contributed by atoms with Gasteiger partial charge in [-0.15, -0.1) is 0 Å². The van der Waals surface area contributed by atoms with Crippen molar-refractivity contribution in [3.05, 3.63) is 29.6 Å². The van der Waals surface area contributed by atoms with Crippen molar-refractivity contribution in [2.24, 2.45) is 11.7 Å². The number of hydrogen-bond acceptors (Lipinski definition) is 4. The van der Waals surface area contributed by atoms with E-state index in [1.807, 2.05) is 4.90 Å². The molecule has 1 aliphatic heterocycles. The summed E-state index contributed by atoms with van der Waals surface area (Å²) in [7, 11) is 0. The van der Waals surface area contributed by atoms with Crippen LogP contribution in [0.1, 0.15) is 59.4 Å². The van der Waals surface area contributed by atoms with E-state index in [1.165, 1.54) is 12.3 Å². The Morgan fingerprint density at radius 2 is 1.96 bits per heavy atom. The van der Waals surface area contributed by atoms with Gasteiger partial charge in [0.05, 0.1) is 11.7 Å². The van der Waals surface area contributed by atoms with Crippen LogP contribution in [0.25, 0.3) is 0 Å². The number of carbonyl (C=O) groups is 2. The third-order valence-electron chi connectivity index (χ3n) is 5.10. The van der Waals surface area contributed by atoms with Crippen molar-refractivity contribution in [2.45, 2.75) is 50.7 Å². The first kappa shape index (κ1) is 15.9. The molecule has 1 aromatic rings. The van der Waals surface area contributed by atoms with Crippen LogP contribution in [-0.4, -0.2) is 45.5 Å². The highest BCUT2D eigenvalue weighted by molar-refractivity contribution is 5.96. The van der Waals surface area contributed by atoms with Crippen molar-refractivity contribution in [3.63, 3.8) is 0 Å². The quantitative estimate of drug-likeness (QED) is 0.879. The van der Waals surface area contributed by atoms with E-state index in [-0.39, 0.29) is 29.7 Å². The van der Waals surface area contributed by atoms with E-state index < -0.39 is 5.91 Å². The molecule has 1 aromatic heterocycles. The van der Waals surface area contributed by atoms with Gasteiger partial charge in [0.2, 0.25) is 0 Å². The van der Waals surface area contributed by atoms with E-state index >= 15 is 0 Å². The molecular weight excluding hydrogens is 294 g/mol. The minimum atomic E-state index is -0.603. The Balaban J connectivity index is 1.76. The molecule has 124 valence electrons. The standard InChI is InChI=1S/C17H23N3O3/c18-16(22)13-8-7-11(10-19-13)17(23)20-9-3-5-14(20)12-4-1-2-6-15(12)21/h7-8,10,12,14-15,21H,1-6,9H2,(H2,18,22). The van der Waals surface area contributed by atoms with Gasteiger partial charge in [0.25, 0.3) is 11.8 Å². The van der Waals surface area contributed by atoms with Crippen molar-refractivity contribution in [1.29, 1.82) is 0 Å². The van der Waals surface area contributed by atoms with Crippen LogP contribution < -0.4 is 5.73 Å². The van der Waals surface area contributed by atoms with Gasteiger partial charge < -0.3 is 15.7 Å². The Bertz CT molecular complexity index is 587. The number of amides is 2. The van der Waals surface area contributed by atoms with Gasteiger partial charge >= 0.3 is 0 Å². The maximum atomic E-state index is 12.8. The summed E-state index contributed by atoms with van der Waals surface area (Å²) in [5, 5.41) is 10.3. The van der Waals surface area contributed by atoms with Gasteiger partial charge in [-0.05, 0) is 37.8 Å². The molecule has 2 heterocycles.